The molecule has 0 unspecified atom stereocenters. The smallest absolute Gasteiger partial charge is 0.227 e. The van der Waals surface area contributed by atoms with Crippen LogP contribution in [-0.2, 0) is 0 Å². The minimum absolute atomic E-state index is 0.633. The van der Waals surface area contributed by atoms with Gasteiger partial charge in [-0.1, -0.05) is 115 Å². The van der Waals surface area contributed by atoms with Gasteiger partial charge in [-0.25, -0.2) is 4.98 Å². The summed E-state index contributed by atoms with van der Waals surface area (Å²) < 4.78 is 8.37. The van der Waals surface area contributed by atoms with Crippen LogP contribution in [0.4, 0.5) is 0 Å². The molecule has 2 aromatic heterocycles. The zero-order valence-electron chi connectivity index (χ0n) is 27.1. The normalized spacial score (nSPS) is 11.6. The number of fused-ring (bicyclic) bond motifs is 5. The summed E-state index contributed by atoms with van der Waals surface area (Å²) in [6, 6.07) is 64.8. The van der Waals surface area contributed by atoms with Crippen molar-refractivity contribution in [2.45, 2.75) is 0 Å². The fourth-order valence-corrected chi connectivity index (χ4v) is 7.27. The summed E-state index contributed by atoms with van der Waals surface area (Å²) in [4.78, 5) is 4.69. The van der Waals surface area contributed by atoms with Gasteiger partial charge in [0.05, 0.1) is 11.0 Å². The number of oxazole rings is 1. The van der Waals surface area contributed by atoms with Crippen molar-refractivity contribution in [2.75, 3.05) is 0 Å². The van der Waals surface area contributed by atoms with Crippen LogP contribution in [0.2, 0.25) is 0 Å². The van der Waals surface area contributed by atoms with Crippen LogP contribution < -0.4 is 0 Å². The molecule has 10 aromatic rings. The molecule has 0 radical (unpaired) electrons. The van der Waals surface area contributed by atoms with Gasteiger partial charge in [0.15, 0.2) is 5.58 Å². The molecule has 3 heteroatoms. The zero-order chi connectivity index (χ0) is 33.0. The van der Waals surface area contributed by atoms with Crippen LogP contribution in [-0.4, -0.2) is 9.55 Å². The van der Waals surface area contributed by atoms with E-state index in [1.54, 1.807) is 0 Å². The molecule has 0 bridgehead atoms. The average Bonchev–Trinajstić information content (AvgIpc) is 3.77. The summed E-state index contributed by atoms with van der Waals surface area (Å²) >= 11 is 0. The standard InChI is InChI=1S/C47H30N2O/c1-2-8-31(9-3-1)35-18-20-38-29-36(19-21-37(38)28-35)32-14-16-33(17-15-32)39-24-27-45-42(30-39)41-10-4-6-12-44(41)49(45)40-25-22-34(23-26-40)47-48-43-11-5-7-13-46(43)50-47/h1-30H. The van der Waals surface area contributed by atoms with Crippen molar-refractivity contribution in [3.05, 3.63) is 182 Å². The molecule has 0 aliphatic heterocycles. The van der Waals surface area contributed by atoms with Gasteiger partial charge in [-0.2, -0.15) is 0 Å². The third-order valence-electron chi connectivity index (χ3n) is 9.84. The quantitative estimate of drug-likeness (QED) is 0.188. The van der Waals surface area contributed by atoms with E-state index in [2.05, 4.69) is 167 Å². The lowest BCUT2D eigenvalue weighted by atomic mass is 9.96. The topological polar surface area (TPSA) is 31.0 Å². The van der Waals surface area contributed by atoms with Gasteiger partial charge in [-0.05, 0) is 111 Å². The highest BCUT2D eigenvalue weighted by Gasteiger charge is 2.15. The highest BCUT2D eigenvalue weighted by Crippen LogP contribution is 2.36. The first-order valence-electron chi connectivity index (χ1n) is 16.9. The third-order valence-corrected chi connectivity index (χ3v) is 9.84. The van der Waals surface area contributed by atoms with E-state index < -0.39 is 0 Å². The van der Waals surface area contributed by atoms with Crippen molar-refractivity contribution in [1.82, 2.24) is 9.55 Å². The Bertz CT molecular complexity index is 2810. The summed E-state index contributed by atoms with van der Waals surface area (Å²) in [5, 5.41) is 4.96. The maximum atomic E-state index is 6.03. The number of nitrogens with zero attached hydrogens (tertiary/aromatic N) is 2. The van der Waals surface area contributed by atoms with Gasteiger partial charge in [0.2, 0.25) is 5.89 Å². The molecule has 0 spiro atoms. The average molecular weight is 639 g/mol. The van der Waals surface area contributed by atoms with Crippen molar-refractivity contribution in [2.24, 2.45) is 0 Å². The predicted molar refractivity (Wildman–Crippen MR) is 208 cm³/mol. The van der Waals surface area contributed by atoms with E-state index in [1.165, 1.54) is 66.0 Å². The van der Waals surface area contributed by atoms with Crippen molar-refractivity contribution in [3.63, 3.8) is 0 Å². The molecule has 0 fully saturated rings. The first-order valence-corrected chi connectivity index (χ1v) is 16.9. The highest BCUT2D eigenvalue weighted by molar-refractivity contribution is 6.10. The second-order valence-electron chi connectivity index (χ2n) is 12.8. The number of para-hydroxylation sites is 3. The first-order chi connectivity index (χ1) is 24.7. The van der Waals surface area contributed by atoms with E-state index in [4.69, 9.17) is 4.42 Å². The molecule has 0 saturated heterocycles. The SMILES string of the molecule is c1ccc(-c2ccc3cc(-c4ccc(-c5ccc6c(c5)c5ccccc5n6-c5ccc(-c6nc7ccccc7o6)cc5)cc4)ccc3c2)cc1. The van der Waals surface area contributed by atoms with Crippen molar-refractivity contribution in [3.8, 4) is 50.5 Å². The van der Waals surface area contributed by atoms with E-state index >= 15 is 0 Å². The van der Waals surface area contributed by atoms with Crippen LogP contribution >= 0.6 is 0 Å². The zero-order valence-corrected chi connectivity index (χ0v) is 27.1. The predicted octanol–water partition coefficient (Wildman–Crippen LogP) is 12.7. The summed E-state index contributed by atoms with van der Waals surface area (Å²) in [6.45, 7) is 0. The lowest BCUT2D eigenvalue weighted by Gasteiger charge is -2.10. The molecule has 10 rings (SSSR count). The highest BCUT2D eigenvalue weighted by atomic mass is 16.3. The molecule has 2 heterocycles. The van der Waals surface area contributed by atoms with Crippen molar-refractivity contribution < 1.29 is 4.42 Å². The number of benzene rings is 8. The molecular weight excluding hydrogens is 609 g/mol. The molecule has 8 aromatic carbocycles. The van der Waals surface area contributed by atoms with Gasteiger partial charge >= 0.3 is 0 Å². The summed E-state index contributed by atoms with van der Waals surface area (Å²) in [5.41, 5.74) is 13.4. The lowest BCUT2D eigenvalue weighted by Crippen LogP contribution is -1.93. The molecule has 0 aliphatic rings. The summed E-state index contributed by atoms with van der Waals surface area (Å²) in [7, 11) is 0. The maximum absolute atomic E-state index is 6.03. The minimum Gasteiger partial charge on any atom is -0.436 e. The Morgan fingerprint density at radius 3 is 1.64 bits per heavy atom. The Morgan fingerprint density at radius 2 is 0.920 bits per heavy atom. The molecule has 3 nitrogen and oxygen atoms in total. The molecule has 0 N–H and O–H groups in total. The number of aromatic nitrogens is 2. The van der Waals surface area contributed by atoms with E-state index in [9.17, 15) is 0 Å². The Morgan fingerprint density at radius 1 is 0.380 bits per heavy atom. The van der Waals surface area contributed by atoms with Gasteiger partial charge in [0.1, 0.15) is 5.52 Å². The van der Waals surface area contributed by atoms with Gasteiger partial charge < -0.3 is 8.98 Å². The molecule has 0 aliphatic carbocycles. The van der Waals surface area contributed by atoms with Gasteiger partial charge in [0.25, 0.3) is 0 Å². The first kappa shape index (κ1) is 28.3. The Balaban J connectivity index is 0.971. The van der Waals surface area contributed by atoms with E-state index in [0.717, 1.165) is 22.4 Å². The van der Waals surface area contributed by atoms with Crippen LogP contribution in [0.1, 0.15) is 0 Å². The van der Waals surface area contributed by atoms with Gasteiger partial charge in [-0.15, -0.1) is 0 Å². The number of hydrogen-bond acceptors (Lipinski definition) is 2. The van der Waals surface area contributed by atoms with Crippen LogP contribution in [0.3, 0.4) is 0 Å². The fraction of sp³-hybridized carbons (Fsp3) is 0. The molecule has 0 atom stereocenters. The largest absolute Gasteiger partial charge is 0.436 e. The van der Waals surface area contributed by atoms with Crippen LogP contribution in [0.15, 0.2) is 186 Å². The molecule has 234 valence electrons. The molecule has 0 saturated carbocycles. The molecule has 0 amide bonds. The minimum atomic E-state index is 0.633. The monoisotopic (exact) mass is 638 g/mol. The van der Waals surface area contributed by atoms with Gasteiger partial charge in [0, 0.05) is 22.0 Å². The Labute approximate surface area is 289 Å². The maximum Gasteiger partial charge on any atom is 0.227 e. The molecular formula is C47H30N2O. The van der Waals surface area contributed by atoms with Crippen molar-refractivity contribution >= 4 is 43.7 Å². The number of rotatable bonds is 5. The van der Waals surface area contributed by atoms with Gasteiger partial charge in [-0.3, -0.25) is 0 Å². The van der Waals surface area contributed by atoms with Crippen LogP contribution in [0, 0.1) is 0 Å². The molecule has 50 heavy (non-hydrogen) atoms. The fourth-order valence-electron chi connectivity index (χ4n) is 7.27. The number of hydrogen-bond donors (Lipinski definition) is 0. The van der Waals surface area contributed by atoms with E-state index in [1.807, 2.05) is 24.3 Å². The van der Waals surface area contributed by atoms with Crippen LogP contribution in [0.25, 0.3) is 94.2 Å². The van der Waals surface area contributed by atoms with Crippen LogP contribution in [0.5, 0.6) is 0 Å². The summed E-state index contributed by atoms with van der Waals surface area (Å²) in [5.74, 6) is 0.633. The van der Waals surface area contributed by atoms with E-state index in [0.29, 0.717) is 5.89 Å². The Kier molecular flexibility index (Phi) is 6.49. The Hall–Kier alpha value is -6.71. The third kappa shape index (κ3) is 4.79. The van der Waals surface area contributed by atoms with E-state index in [-0.39, 0.29) is 0 Å². The second kappa shape index (κ2) is 11.5. The summed E-state index contributed by atoms with van der Waals surface area (Å²) in [6.07, 6.45) is 0. The lowest BCUT2D eigenvalue weighted by molar-refractivity contribution is 0.620. The van der Waals surface area contributed by atoms with Crippen molar-refractivity contribution in [1.29, 1.82) is 0 Å². The second-order valence-corrected chi connectivity index (χ2v) is 12.8.